The first-order valence-corrected chi connectivity index (χ1v) is 6.30. The highest BCUT2D eigenvalue weighted by molar-refractivity contribution is 6.31. The van der Waals surface area contributed by atoms with Gasteiger partial charge in [0.1, 0.15) is 6.04 Å². The van der Waals surface area contributed by atoms with Crippen molar-refractivity contribution in [3.63, 3.8) is 0 Å². The first-order valence-electron chi connectivity index (χ1n) is 5.93. The van der Waals surface area contributed by atoms with E-state index in [9.17, 15) is 13.2 Å². The van der Waals surface area contributed by atoms with E-state index in [0.29, 0.717) is 19.4 Å². The number of rotatable bonds is 6. The molecule has 0 saturated carbocycles. The Balaban J connectivity index is 3.07. The highest BCUT2D eigenvalue weighted by Gasteiger charge is 2.43. The minimum absolute atomic E-state index is 0.000494. The first kappa shape index (κ1) is 15.3. The Labute approximate surface area is 109 Å². The molecule has 0 saturated heterocycles. The maximum absolute atomic E-state index is 13.0. The summed E-state index contributed by atoms with van der Waals surface area (Å²) in [6, 6.07) is -1.76. The van der Waals surface area contributed by atoms with E-state index in [1.165, 1.54) is 10.9 Å². The van der Waals surface area contributed by atoms with E-state index >= 15 is 0 Å². The lowest BCUT2D eigenvalue weighted by Crippen LogP contribution is -2.36. The number of alkyl halides is 3. The molecule has 1 N–H and O–H groups in total. The molecule has 1 aromatic rings. The van der Waals surface area contributed by atoms with Crippen molar-refractivity contribution in [2.75, 3.05) is 6.54 Å². The minimum atomic E-state index is -4.38. The number of hydrogen-bond donors (Lipinski definition) is 1. The smallest absolute Gasteiger partial charge is 0.301 e. The van der Waals surface area contributed by atoms with Gasteiger partial charge >= 0.3 is 6.18 Å². The Hall–Kier alpha value is -0.750. The number of aromatic nitrogens is 2. The Morgan fingerprint density at radius 3 is 2.56 bits per heavy atom. The van der Waals surface area contributed by atoms with Crippen LogP contribution >= 0.6 is 11.6 Å². The van der Waals surface area contributed by atoms with Crippen LogP contribution in [0.1, 0.15) is 38.4 Å². The number of nitrogens with zero attached hydrogens (tertiary/aromatic N) is 2. The fourth-order valence-corrected chi connectivity index (χ4v) is 1.96. The van der Waals surface area contributed by atoms with Gasteiger partial charge in [-0.15, -0.1) is 0 Å². The molecule has 0 aliphatic rings. The van der Waals surface area contributed by atoms with E-state index in [-0.39, 0.29) is 17.3 Å². The Bertz CT molecular complexity index is 376. The second-order valence-corrected chi connectivity index (χ2v) is 4.44. The Kier molecular flexibility index (Phi) is 5.47. The molecule has 1 unspecified atom stereocenters. The molecule has 18 heavy (non-hydrogen) atoms. The lowest BCUT2D eigenvalue weighted by Gasteiger charge is -2.23. The Morgan fingerprint density at radius 1 is 1.39 bits per heavy atom. The molecular formula is C11H17ClF3N3. The molecule has 1 atom stereocenters. The quantitative estimate of drug-likeness (QED) is 0.865. The summed E-state index contributed by atoms with van der Waals surface area (Å²) in [7, 11) is 0. The van der Waals surface area contributed by atoms with Crippen LogP contribution in [0.3, 0.4) is 0 Å². The molecule has 104 valence electrons. The van der Waals surface area contributed by atoms with E-state index in [2.05, 4.69) is 10.4 Å². The maximum Gasteiger partial charge on any atom is 0.409 e. The molecule has 0 spiro atoms. The average Bonchev–Trinajstić information content (AvgIpc) is 2.61. The van der Waals surface area contributed by atoms with Crippen LogP contribution in [0.5, 0.6) is 0 Å². The van der Waals surface area contributed by atoms with E-state index in [1.54, 1.807) is 0 Å². The van der Waals surface area contributed by atoms with Gasteiger partial charge in [0.2, 0.25) is 0 Å². The average molecular weight is 284 g/mol. The lowest BCUT2D eigenvalue weighted by atomic mass is 10.2. The Morgan fingerprint density at radius 2 is 2.06 bits per heavy atom. The fraction of sp³-hybridized carbons (Fsp3) is 0.727. The van der Waals surface area contributed by atoms with Crippen LogP contribution in [-0.4, -0.2) is 22.5 Å². The first-order chi connectivity index (χ1) is 8.41. The van der Waals surface area contributed by atoms with Crippen LogP contribution in [0.4, 0.5) is 13.2 Å². The maximum atomic E-state index is 13.0. The molecule has 0 fully saturated rings. The van der Waals surface area contributed by atoms with E-state index < -0.39 is 12.2 Å². The number of halogens is 4. The van der Waals surface area contributed by atoms with Crippen LogP contribution in [0.2, 0.25) is 5.02 Å². The molecular weight excluding hydrogens is 267 g/mol. The molecule has 1 heterocycles. The zero-order valence-electron chi connectivity index (χ0n) is 10.4. The van der Waals surface area contributed by atoms with E-state index in [0.717, 1.165) is 0 Å². The summed E-state index contributed by atoms with van der Waals surface area (Å²) in [5.41, 5.74) is -0.000494. The monoisotopic (exact) mass is 283 g/mol. The SMILES string of the molecule is CCCNC(c1c(Cl)cnn1CCC)C(F)(F)F. The third-order valence-electron chi connectivity index (χ3n) is 2.47. The van der Waals surface area contributed by atoms with E-state index in [4.69, 9.17) is 11.6 Å². The van der Waals surface area contributed by atoms with Gasteiger partial charge in [-0.25, -0.2) is 0 Å². The lowest BCUT2D eigenvalue weighted by molar-refractivity contribution is -0.159. The van der Waals surface area contributed by atoms with Crippen LogP contribution in [0.15, 0.2) is 6.20 Å². The molecule has 1 aromatic heterocycles. The van der Waals surface area contributed by atoms with Crippen LogP contribution in [0, 0.1) is 0 Å². The van der Waals surface area contributed by atoms with Gasteiger partial charge in [-0.3, -0.25) is 4.68 Å². The van der Waals surface area contributed by atoms with Crippen LogP contribution in [0.25, 0.3) is 0 Å². The predicted octanol–water partition coefficient (Wildman–Crippen LogP) is 3.55. The number of aryl methyl sites for hydroxylation is 1. The van der Waals surface area contributed by atoms with Gasteiger partial charge in [-0.05, 0) is 19.4 Å². The second-order valence-electron chi connectivity index (χ2n) is 4.03. The van der Waals surface area contributed by atoms with E-state index in [1.807, 2.05) is 13.8 Å². The molecule has 0 aromatic carbocycles. The van der Waals surface area contributed by atoms with Gasteiger partial charge < -0.3 is 5.32 Å². The van der Waals surface area contributed by atoms with Crippen molar-refractivity contribution >= 4 is 11.6 Å². The standard InChI is InChI=1S/C11H17ClF3N3/c1-3-5-16-10(11(13,14)15)9-8(12)7-17-18(9)6-4-2/h7,10,16H,3-6H2,1-2H3. The van der Waals surface area contributed by atoms with Crippen LogP contribution < -0.4 is 5.32 Å². The molecule has 0 amide bonds. The zero-order valence-corrected chi connectivity index (χ0v) is 11.1. The minimum Gasteiger partial charge on any atom is -0.301 e. The molecule has 0 bridgehead atoms. The summed E-state index contributed by atoms with van der Waals surface area (Å²) >= 11 is 5.84. The van der Waals surface area contributed by atoms with Gasteiger partial charge in [-0.2, -0.15) is 18.3 Å². The van der Waals surface area contributed by atoms with Crippen molar-refractivity contribution in [3.8, 4) is 0 Å². The van der Waals surface area contributed by atoms with Gasteiger partial charge in [0.05, 0.1) is 16.9 Å². The van der Waals surface area contributed by atoms with Crippen molar-refractivity contribution in [3.05, 3.63) is 16.9 Å². The van der Waals surface area contributed by atoms with Crippen molar-refractivity contribution in [2.45, 2.75) is 45.5 Å². The van der Waals surface area contributed by atoms with Crippen molar-refractivity contribution in [2.24, 2.45) is 0 Å². The van der Waals surface area contributed by atoms with Gasteiger partial charge in [-0.1, -0.05) is 25.4 Å². The number of nitrogens with one attached hydrogen (secondary N) is 1. The highest BCUT2D eigenvalue weighted by atomic mass is 35.5. The third kappa shape index (κ3) is 3.62. The normalized spacial score (nSPS) is 13.9. The van der Waals surface area contributed by atoms with Crippen molar-refractivity contribution < 1.29 is 13.2 Å². The molecule has 0 radical (unpaired) electrons. The summed E-state index contributed by atoms with van der Waals surface area (Å²) in [5, 5.41) is 6.42. The molecule has 3 nitrogen and oxygen atoms in total. The van der Waals surface area contributed by atoms with Crippen molar-refractivity contribution in [1.82, 2.24) is 15.1 Å². The second kappa shape index (κ2) is 6.43. The highest BCUT2D eigenvalue weighted by Crippen LogP contribution is 2.36. The molecule has 0 aliphatic carbocycles. The third-order valence-corrected chi connectivity index (χ3v) is 2.76. The van der Waals surface area contributed by atoms with Crippen molar-refractivity contribution in [1.29, 1.82) is 0 Å². The zero-order chi connectivity index (χ0) is 13.8. The summed E-state index contributed by atoms with van der Waals surface area (Å²) in [5.74, 6) is 0. The molecule has 7 heteroatoms. The summed E-state index contributed by atoms with van der Waals surface area (Å²) in [6.07, 6.45) is -1.81. The largest absolute Gasteiger partial charge is 0.409 e. The topological polar surface area (TPSA) is 29.9 Å². The van der Waals surface area contributed by atoms with Gasteiger partial charge in [0, 0.05) is 6.54 Å². The summed E-state index contributed by atoms with van der Waals surface area (Å²) in [6.45, 7) is 4.38. The predicted molar refractivity (Wildman–Crippen MR) is 64.6 cm³/mol. The van der Waals surface area contributed by atoms with Gasteiger partial charge in [0.25, 0.3) is 0 Å². The molecule has 1 rings (SSSR count). The fourth-order valence-electron chi connectivity index (χ4n) is 1.71. The number of hydrogen-bond acceptors (Lipinski definition) is 2. The van der Waals surface area contributed by atoms with Crippen LogP contribution in [-0.2, 0) is 6.54 Å². The van der Waals surface area contributed by atoms with Gasteiger partial charge in [0.15, 0.2) is 0 Å². The molecule has 0 aliphatic heterocycles. The summed E-state index contributed by atoms with van der Waals surface area (Å²) in [4.78, 5) is 0. The summed E-state index contributed by atoms with van der Waals surface area (Å²) < 4.78 is 40.5.